The van der Waals surface area contributed by atoms with Crippen LogP contribution in [0, 0.1) is 5.82 Å². The van der Waals surface area contributed by atoms with E-state index < -0.39 is 35.9 Å². The molecule has 25 heavy (non-hydrogen) atoms. The molecular weight excluding hydrogens is 335 g/mol. The van der Waals surface area contributed by atoms with Gasteiger partial charge in [-0.1, -0.05) is 32.6 Å². The van der Waals surface area contributed by atoms with E-state index in [1.807, 2.05) is 0 Å². The number of aromatic nitrogens is 2. The van der Waals surface area contributed by atoms with Gasteiger partial charge in [-0.15, -0.1) is 0 Å². The summed E-state index contributed by atoms with van der Waals surface area (Å²) in [5, 5.41) is 0. The van der Waals surface area contributed by atoms with E-state index in [2.05, 4.69) is 11.7 Å². The number of hydrogen-bond donors (Lipinski definition) is 0. The van der Waals surface area contributed by atoms with Crippen LogP contribution in [0.2, 0.25) is 0 Å². The molecule has 0 atom stereocenters. The van der Waals surface area contributed by atoms with E-state index in [0.29, 0.717) is 21.8 Å². The van der Waals surface area contributed by atoms with Gasteiger partial charge in [-0.3, -0.25) is 9.59 Å². The topological polar surface area (TPSA) is 96.6 Å². The third-order valence-corrected chi connectivity index (χ3v) is 3.43. The highest BCUT2D eigenvalue weighted by Crippen LogP contribution is 2.05. The number of nitrogens with zero attached hydrogens (tertiary/aromatic N) is 2. The summed E-state index contributed by atoms with van der Waals surface area (Å²) < 4.78 is 23.7. The minimum atomic E-state index is -1.33. The first-order valence-corrected chi connectivity index (χ1v) is 8.27. The number of carbonyl (C=O) groups excluding carboxylic acids is 2. The fourth-order valence-electron chi connectivity index (χ4n) is 2.09. The molecule has 8 nitrogen and oxygen atoms in total. The number of ether oxygens (including phenoxy) is 2. The summed E-state index contributed by atoms with van der Waals surface area (Å²) >= 11 is 0. The molecule has 0 spiro atoms. The molecule has 0 saturated carbocycles. The number of carbonyl (C=O) groups is 2. The molecule has 0 aliphatic rings. The molecule has 9 heteroatoms. The Kier molecular flexibility index (Phi) is 8.59. The second kappa shape index (κ2) is 10.4. The largest absolute Gasteiger partial charge is 0.449 e. The van der Waals surface area contributed by atoms with E-state index in [-0.39, 0.29) is 13.0 Å². The van der Waals surface area contributed by atoms with Crippen molar-refractivity contribution in [3.63, 3.8) is 0 Å². The zero-order chi connectivity index (χ0) is 18.8. The van der Waals surface area contributed by atoms with Crippen molar-refractivity contribution in [3.8, 4) is 0 Å². The molecule has 1 rings (SSSR count). The van der Waals surface area contributed by atoms with E-state index >= 15 is 0 Å². The lowest BCUT2D eigenvalue weighted by Gasteiger charge is -2.10. The number of hydrogen-bond acceptors (Lipinski definition) is 6. The first-order chi connectivity index (χ1) is 11.9. The first-order valence-electron chi connectivity index (χ1n) is 8.27. The zero-order valence-electron chi connectivity index (χ0n) is 14.5. The Balaban J connectivity index is 2.75. The van der Waals surface area contributed by atoms with Gasteiger partial charge in [0.05, 0.1) is 12.8 Å². The Morgan fingerprint density at radius 1 is 1.08 bits per heavy atom. The molecule has 1 heterocycles. The maximum Gasteiger partial charge on any atom is 0.422 e. The Bertz CT molecular complexity index is 710. The molecule has 0 fully saturated rings. The molecule has 1 aromatic heterocycles. The van der Waals surface area contributed by atoms with Gasteiger partial charge in [0.2, 0.25) is 5.82 Å². The van der Waals surface area contributed by atoms with Gasteiger partial charge in [-0.2, -0.15) is 4.39 Å². The zero-order valence-corrected chi connectivity index (χ0v) is 14.5. The molecule has 0 aromatic carbocycles. The predicted molar refractivity (Wildman–Crippen MR) is 86.8 cm³/mol. The lowest BCUT2D eigenvalue weighted by Crippen LogP contribution is -2.44. The van der Waals surface area contributed by atoms with Crippen LogP contribution >= 0.6 is 0 Å². The third-order valence-electron chi connectivity index (χ3n) is 3.43. The normalized spacial score (nSPS) is 10.5. The van der Waals surface area contributed by atoms with Crippen LogP contribution in [-0.2, 0) is 21.0 Å². The third kappa shape index (κ3) is 6.17. The maximum atomic E-state index is 13.6. The van der Waals surface area contributed by atoms with Gasteiger partial charge in [0.1, 0.15) is 0 Å². The van der Waals surface area contributed by atoms with Crippen LogP contribution in [-0.4, -0.2) is 27.8 Å². The van der Waals surface area contributed by atoms with Crippen LogP contribution in [0.25, 0.3) is 0 Å². The lowest BCUT2D eigenvalue weighted by atomic mass is 10.1. The van der Waals surface area contributed by atoms with Crippen molar-refractivity contribution in [2.24, 2.45) is 0 Å². The van der Waals surface area contributed by atoms with E-state index in [9.17, 15) is 23.6 Å². The van der Waals surface area contributed by atoms with Crippen LogP contribution < -0.4 is 11.2 Å². The van der Waals surface area contributed by atoms with Crippen molar-refractivity contribution < 1.29 is 23.5 Å². The molecule has 0 unspecified atom stereocenters. The summed E-state index contributed by atoms with van der Waals surface area (Å²) in [4.78, 5) is 47.0. The minimum Gasteiger partial charge on any atom is -0.449 e. The van der Waals surface area contributed by atoms with E-state index in [4.69, 9.17) is 4.74 Å². The quantitative estimate of drug-likeness (QED) is 0.495. The maximum absolute atomic E-state index is 13.6. The van der Waals surface area contributed by atoms with Crippen molar-refractivity contribution in [1.82, 2.24) is 9.13 Å². The fourth-order valence-corrected chi connectivity index (χ4v) is 2.09. The summed E-state index contributed by atoms with van der Waals surface area (Å²) in [7, 11) is 0. The highest BCUT2D eigenvalue weighted by molar-refractivity contribution is 5.70. The summed E-state index contributed by atoms with van der Waals surface area (Å²) in [6, 6.07) is 0. The minimum absolute atomic E-state index is 0.0287. The Morgan fingerprint density at radius 3 is 2.40 bits per heavy atom. The van der Waals surface area contributed by atoms with Gasteiger partial charge >= 0.3 is 17.8 Å². The molecule has 140 valence electrons. The highest BCUT2D eigenvalue weighted by atomic mass is 19.1. The van der Waals surface area contributed by atoms with Crippen LogP contribution in [0.5, 0.6) is 0 Å². The number of rotatable bonds is 9. The molecule has 0 amide bonds. The second-order valence-electron chi connectivity index (χ2n) is 5.37. The van der Waals surface area contributed by atoms with Gasteiger partial charge in [0.25, 0.3) is 5.56 Å². The monoisotopic (exact) mass is 358 g/mol. The molecule has 0 radical (unpaired) electrons. The molecule has 0 aliphatic heterocycles. The SMILES string of the molecule is CCCCCCCC(=O)OCn1c(=O)c(F)cn(C(=O)OCC)c1=O. The molecular formula is C16H23FN2O6. The van der Waals surface area contributed by atoms with Gasteiger partial charge in [0, 0.05) is 6.42 Å². The van der Waals surface area contributed by atoms with Crippen molar-refractivity contribution in [2.75, 3.05) is 6.61 Å². The van der Waals surface area contributed by atoms with E-state index in [1.165, 1.54) is 6.92 Å². The lowest BCUT2D eigenvalue weighted by molar-refractivity contribution is -0.147. The van der Waals surface area contributed by atoms with Gasteiger partial charge in [0.15, 0.2) is 6.73 Å². The predicted octanol–water partition coefficient (Wildman–Crippen LogP) is 2.01. The van der Waals surface area contributed by atoms with Gasteiger partial charge in [-0.25, -0.2) is 18.7 Å². The molecule has 0 bridgehead atoms. The smallest absolute Gasteiger partial charge is 0.422 e. The van der Waals surface area contributed by atoms with Crippen molar-refractivity contribution in [2.45, 2.75) is 59.1 Å². The summed E-state index contributed by atoms with van der Waals surface area (Å²) in [6.45, 7) is 2.80. The van der Waals surface area contributed by atoms with Crippen molar-refractivity contribution >= 4 is 12.1 Å². The van der Waals surface area contributed by atoms with Crippen LogP contribution in [0.4, 0.5) is 9.18 Å². The van der Waals surface area contributed by atoms with Crippen LogP contribution in [0.1, 0.15) is 52.4 Å². The Hall–Kier alpha value is -2.45. The first kappa shape index (κ1) is 20.6. The summed E-state index contributed by atoms with van der Waals surface area (Å²) in [5.41, 5.74) is -2.41. The van der Waals surface area contributed by atoms with Gasteiger partial charge in [-0.05, 0) is 13.3 Å². The number of esters is 1. The fraction of sp³-hybridized carbons (Fsp3) is 0.625. The number of unbranched alkanes of at least 4 members (excludes halogenated alkanes) is 4. The van der Waals surface area contributed by atoms with E-state index in [1.54, 1.807) is 0 Å². The molecule has 1 aromatic rings. The molecule has 0 N–H and O–H groups in total. The van der Waals surface area contributed by atoms with Gasteiger partial charge < -0.3 is 9.47 Å². The average molecular weight is 358 g/mol. The highest BCUT2D eigenvalue weighted by Gasteiger charge is 2.17. The molecule has 0 saturated heterocycles. The van der Waals surface area contributed by atoms with Crippen LogP contribution in [0.15, 0.2) is 15.8 Å². The number of halogens is 1. The van der Waals surface area contributed by atoms with E-state index in [0.717, 1.165) is 25.7 Å². The van der Waals surface area contributed by atoms with Crippen molar-refractivity contribution in [3.05, 3.63) is 32.9 Å². The summed E-state index contributed by atoms with van der Waals surface area (Å²) in [5.74, 6) is -1.93. The summed E-state index contributed by atoms with van der Waals surface area (Å²) in [6.07, 6.45) is 4.15. The second-order valence-corrected chi connectivity index (χ2v) is 5.37. The average Bonchev–Trinajstić information content (AvgIpc) is 2.58. The standard InChI is InChI=1S/C16H23FN2O6/c1-3-5-6-7-8-9-13(20)25-11-19-14(21)12(17)10-18(15(19)22)16(23)24-4-2/h10H,3-9,11H2,1-2H3. The molecule has 0 aliphatic carbocycles. The van der Waals surface area contributed by atoms with Crippen molar-refractivity contribution in [1.29, 1.82) is 0 Å². The Morgan fingerprint density at radius 2 is 1.76 bits per heavy atom. The van der Waals surface area contributed by atoms with Crippen LogP contribution in [0.3, 0.4) is 0 Å². The Labute approximate surface area is 144 Å².